The molecule has 30 heavy (non-hydrogen) atoms. The maximum absolute atomic E-state index is 12.4. The molecule has 1 aromatic carbocycles. The number of aromatic nitrogens is 2. The van der Waals surface area contributed by atoms with Crippen LogP contribution in [0.4, 0.5) is 0 Å². The number of pyridine rings is 1. The first-order valence-electron chi connectivity index (χ1n) is 10.3. The van der Waals surface area contributed by atoms with Gasteiger partial charge in [-0.3, -0.25) is 4.79 Å². The van der Waals surface area contributed by atoms with Gasteiger partial charge in [0.2, 0.25) is 0 Å². The van der Waals surface area contributed by atoms with Crippen LogP contribution in [-0.2, 0) is 22.5 Å². The Morgan fingerprint density at radius 3 is 2.43 bits per heavy atom. The molecule has 0 aliphatic rings. The highest BCUT2D eigenvalue weighted by molar-refractivity contribution is 6.30. The molecule has 0 aliphatic carbocycles. The SMILES string of the molecule is CC.CCOC(=O)C(C)(C)Cc1cc2cc(OC)cnc2n1Cc1ccc(Cl)cc1. The molecule has 162 valence electrons. The molecule has 2 heterocycles. The van der Waals surface area contributed by atoms with Crippen molar-refractivity contribution in [3.05, 3.63) is 58.9 Å². The molecule has 0 amide bonds. The van der Waals surface area contributed by atoms with E-state index in [-0.39, 0.29) is 5.97 Å². The summed E-state index contributed by atoms with van der Waals surface area (Å²) in [6.45, 7) is 10.6. The fourth-order valence-electron chi connectivity index (χ4n) is 3.24. The van der Waals surface area contributed by atoms with Crippen molar-refractivity contribution in [1.29, 1.82) is 0 Å². The average molecular weight is 431 g/mol. The number of hydrogen-bond acceptors (Lipinski definition) is 4. The van der Waals surface area contributed by atoms with E-state index in [0.29, 0.717) is 30.3 Å². The van der Waals surface area contributed by atoms with E-state index in [1.54, 1.807) is 13.3 Å². The molecule has 0 saturated heterocycles. The number of rotatable bonds is 7. The molecular formula is C24H31ClN2O3. The molecule has 0 radical (unpaired) electrons. The van der Waals surface area contributed by atoms with Crippen LogP contribution in [0.15, 0.2) is 42.6 Å². The minimum Gasteiger partial charge on any atom is -0.495 e. The smallest absolute Gasteiger partial charge is 0.311 e. The zero-order valence-electron chi connectivity index (χ0n) is 18.7. The zero-order valence-corrected chi connectivity index (χ0v) is 19.4. The fraction of sp³-hybridized carbons (Fsp3) is 0.417. The van der Waals surface area contributed by atoms with E-state index in [2.05, 4.69) is 15.6 Å². The lowest BCUT2D eigenvalue weighted by Gasteiger charge is -2.23. The molecule has 5 nitrogen and oxygen atoms in total. The summed E-state index contributed by atoms with van der Waals surface area (Å²) in [4.78, 5) is 17.0. The molecule has 0 spiro atoms. The number of carbonyl (C=O) groups excluding carboxylic acids is 1. The molecule has 3 aromatic rings. The molecule has 0 bridgehead atoms. The van der Waals surface area contributed by atoms with Gasteiger partial charge in [-0.25, -0.2) is 4.98 Å². The molecule has 0 unspecified atom stereocenters. The van der Waals surface area contributed by atoms with Gasteiger partial charge in [-0.05, 0) is 50.6 Å². The lowest BCUT2D eigenvalue weighted by Crippen LogP contribution is -2.30. The van der Waals surface area contributed by atoms with E-state index in [9.17, 15) is 4.79 Å². The lowest BCUT2D eigenvalue weighted by atomic mass is 9.88. The predicted octanol–water partition coefficient (Wildman–Crippen LogP) is 5.90. The van der Waals surface area contributed by atoms with Crippen molar-refractivity contribution in [1.82, 2.24) is 9.55 Å². The number of carbonyl (C=O) groups is 1. The van der Waals surface area contributed by atoms with Crippen LogP contribution in [0.1, 0.15) is 45.9 Å². The van der Waals surface area contributed by atoms with Gasteiger partial charge in [-0.1, -0.05) is 37.6 Å². The third-order valence-electron chi connectivity index (χ3n) is 4.74. The van der Waals surface area contributed by atoms with Crippen molar-refractivity contribution < 1.29 is 14.3 Å². The van der Waals surface area contributed by atoms with Gasteiger partial charge in [0, 0.05) is 29.1 Å². The van der Waals surface area contributed by atoms with Crippen LogP contribution in [0.2, 0.25) is 5.02 Å². The van der Waals surface area contributed by atoms with Crippen LogP contribution < -0.4 is 4.74 Å². The topological polar surface area (TPSA) is 53.4 Å². The summed E-state index contributed by atoms with van der Waals surface area (Å²) in [7, 11) is 1.62. The van der Waals surface area contributed by atoms with Gasteiger partial charge in [-0.15, -0.1) is 0 Å². The molecule has 0 aliphatic heterocycles. The first-order chi connectivity index (χ1) is 14.3. The Morgan fingerprint density at radius 2 is 1.83 bits per heavy atom. The summed E-state index contributed by atoms with van der Waals surface area (Å²) in [5, 5.41) is 1.68. The molecule has 0 saturated carbocycles. The average Bonchev–Trinajstić information content (AvgIpc) is 3.06. The van der Waals surface area contributed by atoms with E-state index in [1.165, 1.54) is 0 Å². The Kier molecular flexibility index (Phi) is 8.30. The van der Waals surface area contributed by atoms with Crippen LogP contribution >= 0.6 is 11.6 Å². The van der Waals surface area contributed by atoms with Crippen molar-refractivity contribution in [2.75, 3.05) is 13.7 Å². The molecule has 2 aromatic heterocycles. The molecular weight excluding hydrogens is 400 g/mol. The van der Waals surface area contributed by atoms with Crippen LogP contribution in [0, 0.1) is 5.41 Å². The summed E-state index contributed by atoms with van der Waals surface area (Å²) in [5.74, 6) is 0.496. The number of ether oxygens (including phenoxy) is 2. The largest absolute Gasteiger partial charge is 0.495 e. The van der Waals surface area contributed by atoms with Crippen LogP contribution in [-0.4, -0.2) is 29.2 Å². The number of halogens is 1. The molecule has 0 atom stereocenters. The van der Waals surface area contributed by atoms with E-state index >= 15 is 0 Å². The predicted molar refractivity (Wildman–Crippen MR) is 122 cm³/mol. The van der Waals surface area contributed by atoms with Gasteiger partial charge in [0.05, 0.1) is 25.3 Å². The number of hydrogen-bond donors (Lipinski definition) is 0. The number of fused-ring (bicyclic) bond motifs is 1. The summed E-state index contributed by atoms with van der Waals surface area (Å²) >= 11 is 6.02. The quantitative estimate of drug-likeness (QED) is 0.437. The summed E-state index contributed by atoms with van der Waals surface area (Å²) in [5.41, 5.74) is 2.33. The van der Waals surface area contributed by atoms with E-state index in [0.717, 1.165) is 22.3 Å². The molecule has 0 fully saturated rings. The zero-order chi connectivity index (χ0) is 22.3. The monoisotopic (exact) mass is 430 g/mol. The highest BCUT2D eigenvalue weighted by Crippen LogP contribution is 2.30. The first kappa shape index (κ1) is 23.7. The number of nitrogens with zero attached hydrogens (tertiary/aromatic N) is 2. The second-order valence-corrected chi connectivity index (χ2v) is 7.85. The number of benzene rings is 1. The Bertz CT molecular complexity index is 978. The Morgan fingerprint density at radius 1 is 1.17 bits per heavy atom. The van der Waals surface area contributed by atoms with Crippen LogP contribution in [0.3, 0.4) is 0 Å². The Hall–Kier alpha value is -2.53. The number of methoxy groups -OCH3 is 1. The van der Waals surface area contributed by atoms with Crippen molar-refractivity contribution in [2.24, 2.45) is 5.41 Å². The van der Waals surface area contributed by atoms with Crippen LogP contribution in [0.5, 0.6) is 5.75 Å². The van der Waals surface area contributed by atoms with Crippen molar-refractivity contribution in [3.63, 3.8) is 0 Å². The van der Waals surface area contributed by atoms with Crippen molar-refractivity contribution >= 4 is 28.6 Å². The van der Waals surface area contributed by atoms with Gasteiger partial charge in [-0.2, -0.15) is 0 Å². The molecule has 0 N–H and O–H groups in total. The van der Waals surface area contributed by atoms with E-state index < -0.39 is 5.41 Å². The van der Waals surface area contributed by atoms with Crippen LogP contribution in [0.25, 0.3) is 11.0 Å². The van der Waals surface area contributed by atoms with Crippen molar-refractivity contribution in [2.45, 2.75) is 47.6 Å². The van der Waals surface area contributed by atoms with Gasteiger partial charge >= 0.3 is 5.97 Å². The van der Waals surface area contributed by atoms with E-state index in [4.69, 9.17) is 21.1 Å². The fourth-order valence-corrected chi connectivity index (χ4v) is 3.36. The number of esters is 1. The minimum atomic E-state index is -0.647. The van der Waals surface area contributed by atoms with Gasteiger partial charge in [0.25, 0.3) is 0 Å². The Labute approximate surface area is 184 Å². The normalized spacial score (nSPS) is 11.0. The minimum absolute atomic E-state index is 0.205. The standard InChI is InChI=1S/C22H25ClN2O3.C2H6/c1-5-28-21(26)22(2,3)12-18-10-16-11-19(27-4)13-24-20(16)25(18)14-15-6-8-17(23)9-7-15;1-2/h6-11,13H,5,12,14H2,1-4H3;1-2H3. The highest BCUT2D eigenvalue weighted by Gasteiger charge is 2.31. The van der Waals surface area contributed by atoms with Gasteiger partial charge in [0.1, 0.15) is 11.4 Å². The first-order valence-corrected chi connectivity index (χ1v) is 10.7. The Balaban J connectivity index is 0.00000155. The molecule has 3 rings (SSSR count). The maximum Gasteiger partial charge on any atom is 0.311 e. The summed E-state index contributed by atoms with van der Waals surface area (Å²) in [6, 6.07) is 11.8. The third kappa shape index (κ3) is 5.54. The summed E-state index contributed by atoms with van der Waals surface area (Å²) < 4.78 is 12.7. The van der Waals surface area contributed by atoms with Gasteiger partial charge in [0.15, 0.2) is 0 Å². The molecule has 6 heteroatoms. The van der Waals surface area contributed by atoms with Gasteiger partial charge < -0.3 is 14.0 Å². The van der Waals surface area contributed by atoms with E-state index in [1.807, 2.05) is 65.0 Å². The lowest BCUT2D eigenvalue weighted by molar-refractivity contribution is -0.153. The maximum atomic E-state index is 12.4. The third-order valence-corrected chi connectivity index (χ3v) is 4.99. The second-order valence-electron chi connectivity index (χ2n) is 7.42. The van der Waals surface area contributed by atoms with Crippen molar-refractivity contribution in [3.8, 4) is 5.75 Å². The summed E-state index contributed by atoms with van der Waals surface area (Å²) in [6.07, 6.45) is 2.25. The second kappa shape index (κ2) is 10.5. The highest BCUT2D eigenvalue weighted by atomic mass is 35.5.